The van der Waals surface area contributed by atoms with E-state index < -0.39 is 5.97 Å². The molecular weight excluding hydrogens is 388 g/mol. The highest BCUT2D eigenvalue weighted by Crippen LogP contribution is 2.39. The van der Waals surface area contributed by atoms with Crippen molar-refractivity contribution in [2.75, 3.05) is 26.8 Å². The first-order chi connectivity index (χ1) is 14.4. The van der Waals surface area contributed by atoms with E-state index in [0.717, 1.165) is 50.9 Å². The number of likely N-dealkylation sites (tertiary alicyclic amines) is 2. The molecule has 1 aromatic rings. The van der Waals surface area contributed by atoms with Gasteiger partial charge in [0.2, 0.25) is 5.91 Å². The van der Waals surface area contributed by atoms with Crippen LogP contribution in [0.3, 0.4) is 0 Å². The summed E-state index contributed by atoms with van der Waals surface area (Å²) in [5, 5.41) is 6.89. The lowest BCUT2D eigenvalue weighted by atomic mass is 9.84. The number of piperidine rings is 1. The average molecular weight is 421 g/mol. The molecule has 2 heterocycles. The number of carbonyl (C=O) groups excluding carboxylic acids is 2. The van der Waals surface area contributed by atoms with Gasteiger partial charge in [-0.25, -0.2) is 4.79 Å². The molecule has 1 amide bonds. The molecule has 2 aliphatic heterocycles. The lowest BCUT2D eigenvalue weighted by molar-refractivity contribution is -0.149. The van der Waals surface area contributed by atoms with Gasteiger partial charge in [0.1, 0.15) is 11.3 Å². The Morgan fingerprint density at radius 3 is 2.37 bits per heavy atom. The maximum Gasteiger partial charge on any atom is 0.343 e. The topological polar surface area (TPSA) is 96.4 Å². The first-order valence-electron chi connectivity index (χ1n) is 10.3. The molecule has 0 aromatic heterocycles. The molecule has 0 saturated carbocycles. The third-order valence-electron chi connectivity index (χ3n) is 5.78. The Bertz CT molecular complexity index is 721. The van der Waals surface area contributed by atoms with Crippen LogP contribution in [0.25, 0.3) is 0 Å². The largest absolute Gasteiger partial charge is 0.483 e. The van der Waals surface area contributed by atoms with Crippen LogP contribution in [0.15, 0.2) is 24.3 Å². The number of ether oxygens (including phenoxy) is 2. The SMILES string of the molecule is COC(=O)COc1ccc(CN2CCCC23CCCN(C(C)C)C3=O)cc1.O=CO. The Morgan fingerprint density at radius 2 is 1.80 bits per heavy atom. The lowest BCUT2D eigenvalue weighted by Gasteiger charge is -2.46. The molecule has 0 bridgehead atoms. The van der Waals surface area contributed by atoms with Crippen LogP contribution >= 0.6 is 0 Å². The van der Waals surface area contributed by atoms with Gasteiger partial charge in [0.05, 0.1) is 7.11 Å². The average Bonchev–Trinajstić information content (AvgIpc) is 3.12. The van der Waals surface area contributed by atoms with E-state index in [1.54, 1.807) is 0 Å². The monoisotopic (exact) mass is 420 g/mol. The third-order valence-corrected chi connectivity index (χ3v) is 5.78. The first kappa shape index (κ1) is 23.7. The zero-order valence-electron chi connectivity index (χ0n) is 18.0. The molecule has 8 heteroatoms. The van der Waals surface area contributed by atoms with Crippen molar-refractivity contribution in [2.45, 2.75) is 57.7 Å². The highest BCUT2D eigenvalue weighted by Gasteiger charge is 2.50. The fraction of sp³-hybridized carbons (Fsp3) is 0.591. The predicted molar refractivity (Wildman–Crippen MR) is 111 cm³/mol. The maximum atomic E-state index is 13.2. The second kappa shape index (κ2) is 11.0. The number of hydrogen-bond donors (Lipinski definition) is 1. The van der Waals surface area contributed by atoms with Crippen LogP contribution in [-0.2, 0) is 25.7 Å². The summed E-state index contributed by atoms with van der Waals surface area (Å²) in [7, 11) is 1.34. The Morgan fingerprint density at radius 1 is 1.20 bits per heavy atom. The molecule has 0 aliphatic carbocycles. The third kappa shape index (κ3) is 5.50. The summed E-state index contributed by atoms with van der Waals surface area (Å²) in [6, 6.07) is 8.00. The van der Waals surface area contributed by atoms with Gasteiger partial charge in [-0.05, 0) is 63.8 Å². The van der Waals surface area contributed by atoms with E-state index in [1.807, 2.05) is 29.2 Å². The summed E-state index contributed by atoms with van der Waals surface area (Å²) < 4.78 is 9.98. The van der Waals surface area contributed by atoms with Gasteiger partial charge in [0, 0.05) is 19.1 Å². The summed E-state index contributed by atoms with van der Waals surface area (Å²) in [5.74, 6) is 0.544. The fourth-order valence-corrected chi connectivity index (χ4v) is 4.31. The number of nitrogens with zero attached hydrogens (tertiary/aromatic N) is 2. The molecule has 1 spiro atoms. The molecule has 8 nitrogen and oxygen atoms in total. The van der Waals surface area contributed by atoms with Crippen molar-refractivity contribution in [3.05, 3.63) is 29.8 Å². The highest BCUT2D eigenvalue weighted by molar-refractivity contribution is 5.87. The number of amides is 1. The summed E-state index contributed by atoms with van der Waals surface area (Å²) in [5.41, 5.74) is 0.818. The van der Waals surface area contributed by atoms with Gasteiger partial charge in [0.25, 0.3) is 6.47 Å². The number of carboxylic acid groups (broad SMARTS) is 1. The summed E-state index contributed by atoms with van der Waals surface area (Å²) in [4.78, 5) is 37.2. The number of methoxy groups -OCH3 is 1. The number of hydrogen-bond acceptors (Lipinski definition) is 6. The van der Waals surface area contributed by atoms with Gasteiger partial charge in [0.15, 0.2) is 6.61 Å². The van der Waals surface area contributed by atoms with Crippen LogP contribution < -0.4 is 4.74 Å². The number of rotatable bonds is 6. The van der Waals surface area contributed by atoms with Crippen molar-refractivity contribution < 1.29 is 29.0 Å². The number of esters is 1. The van der Waals surface area contributed by atoms with E-state index in [2.05, 4.69) is 23.5 Å². The quantitative estimate of drug-likeness (QED) is 0.557. The van der Waals surface area contributed by atoms with Crippen LogP contribution in [0.5, 0.6) is 5.75 Å². The van der Waals surface area contributed by atoms with Gasteiger partial charge < -0.3 is 19.5 Å². The zero-order valence-corrected chi connectivity index (χ0v) is 18.0. The smallest absolute Gasteiger partial charge is 0.343 e. The van der Waals surface area contributed by atoms with Gasteiger partial charge >= 0.3 is 5.97 Å². The van der Waals surface area contributed by atoms with E-state index in [0.29, 0.717) is 11.7 Å². The van der Waals surface area contributed by atoms with E-state index >= 15 is 0 Å². The summed E-state index contributed by atoms with van der Waals surface area (Å²) in [6.45, 7) is 6.45. The van der Waals surface area contributed by atoms with Gasteiger partial charge in [-0.3, -0.25) is 14.5 Å². The molecule has 1 unspecified atom stereocenters. The molecule has 30 heavy (non-hydrogen) atoms. The van der Waals surface area contributed by atoms with Crippen LogP contribution in [0, 0.1) is 0 Å². The first-order valence-corrected chi connectivity index (χ1v) is 10.3. The van der Waals surface area contributed by atoms with Crippen LogP contribution in [0.4, 0.5) is 0 Å². The maximum absolute atomic E-state index is 13.2. The van der Waals surface area contributed by atoms with Crippen molar-refractivity contribution in [3.63, 3.8) is 0 Å². The molecule has 1 aromatic carbocycles. The molecule has 3 rings (SSSR count). The van der Waals surface area contributed by atoms with Crippen molar-refractivity contribution in [2.24, 2.45) is 0 Å². The normalized spacial score (nSPS) is 21.3. The Kier molecular flexibility index (Phi) is 8.65. The molecule has 1 N–H and O–H groups in total. The van der Waals surface area contributed by atoms with Crippen LogP contribution in [0.1, 0.15) is 45.1 Å². The van der Waals surface area contributed by atoms with Crippen LogP contribution in [0.2, 0.25) is 0 Å². The number of carbonyl (C=O) groups is 3. The minimum absolute atomic E-state index is 0.0926. The molecular formula is C22H32N2O6. The second-order valence-corrected chi connectivity index (χ2v) is 7.87. The zero-order chi connectivity index (χ0) is 22.1. The minimum Gasteiger partial charge on any atom is -0.483 e. The van der Waals surface area contributed by atoms with Gasteiger partial charge in [-0.1, -0.05) is 12.1 Å². The second-order valence-electron chi connectivity index (χ2n) is 7.87. The molecule has 166 valence electrons. The highest BCUT2D eigenvalue weighted by atomic mass is 16.6. The fourth-order valence-electron chi connectivity index (χ4n) is 4.31. The van der Waals surface area contributed by atoms with Crippen molar-refractivity contribution in [1.29, 1.82) is 0 Å². The van der Waals surface area contributed by atoms with E-state index in [4.69, 9.17) is 14.6 Å². The molecule has 2 aliphatic rings. The van der Waals surface area contributed by atoms with Gasteiger partial charge in [-0.15, -0.1) is 0 Å². The van der Waals surface area contributed by atoms with Crippen molar-refractivity contribution in [3.8, 4) is 5.75 Å². The number of benzene rings is 1. The Labute approximate surface area is 177 Å². The standard InChI is InChI=1S/C21H30N2O4.CH2O2/c1-16(2)23-13-5-11-21(20(23)25)10-4-12-22(21)14-17-6-8-18(9-7-17)27-15-19(24)26-3;2-1-3/h6-9,16H,4-5,10-15H2,1-3H3;1H,(H,2,3). The van der Waals surface area contributed by atoms with E-state index in [9.17, 15) is 9.59 Å². The van der Waals surface area contributed by atoms with Gasteiger partial charge in [-0.2, -0.15) is 0 Å². The predicted octanol–water partition coefficient (Wildman–Crippen LogP) is 2.30. The van der Waals surface area contributed by atoms with Crippen molar-refractivity contribution in [1.82, 2.24) is 9.80 Å². The molecule has 2 fully saturated rings. The summed E-state index contributed by atoms with van der Waals surface area (Å²) >= 11 is 0. The Hall–Kier alpha value is -2.61. The van der Waals surface area contributed by atoms with E-state index in [1.165, 1.54) is 7.11 Å². The molecule has 2 saturated heterocycles. The lowest BCUT2D eigenvalue weighted by Crippen LogP contribution is -2.61. The van der Waals surface area contributed by atoms with Crippen LogP contribution in [-0.4, -0.2) is 71.6 Å². The van der Waals surface area contributed by atoms with Crippen molar-refractivity contribution >= 4 is 18.3 Å². The Balaban J connectivity index is 0.00000101. The minimum atomic E-state index is -0.399. The molecule has 1 atom stereocenters. The summed E-state index contributed by atoms with van der Waals surface area (Å²) in [6.07, 6.45) is 4.05. The molecule has 0 radical (unpaired) electrons. The van der Waals surface area contributed by atoms with E-state index in [-0.39, 0.29) is 24.7 Å².